The number of hydrogen-bond acceptors (Lipinski definition) is 15. The molecule has 0 aromatic carbocycles. The maximum atomic E-state index is 13.0. The van der Waals surface area contributed by atoms with E-state index in [1.807, 2.05) is 0 Å². The van der Waals surface area contributed by atoms with Gasteiger partial charge >= 0.3 is 39.5 Å². The Labute approximate surface area is 543 Å². The van der Waals surface area contributed by atoms with Crippen molar-refractivity contribution in [2.24, 2.45) is 23.7 Å². The zero-order chi connectivity index (χ0) is 66.1. The molecule has 19 heteroatoms. The number of phosphoric ester groups is 2. The van der Waals surface area contributed by atoms with Gasteiger partial charge in [-0.3, -0.25) is 37.3 Å². The number of rotatable bonds is 67. The van der Waals surface area contributed by atoms with E-state index in [0.29, 0.717) is 31.6 Å². The predicted molar refractivity (Wildman–Crippen MR) is 358 cm³/mol. The van der Waals surface area contributed by atoms with Crippen molar-refractivity contribution in [1.29, 1.82) is 0 Å². The fourth-order valence-electron chi connectivity index (χ4n) is 10.5. The van der Waals surface area contributed by atoms with Gasteiger partial charge in [-0.1, -0.05) is 293 Å². The van der Waals surface area contributed by atoms with Crippen molar-refractivity contribution in [2.75, 3.05) is 39.6 Å². The molecule has 0 rings (SSSR count). The molecule has 3 unspecified atom stereocenters. The van der Waals surface area contributed by atoms with E-state index in [-0.39, 0.29) is 25.7 Å². The average molecular weight is 1310 g/mol. The van der Waals surface area contributed by atoms with E-state index in [1.165, 1.54) is 141 Å². The molecule has 89 heavy (non-hydrogen) atoms. The summed E-state index contributed by atoms with van der Waals surface area (Å²) in [6.07, 6.45) is 41.7. The van der Waals surface area contributed by atoms with Gasteiger partial charge in [0.25, 0.3) is 0 Å². The minimum Gasteiger partial charge on any atom is -0.462 e. The molecule has 0 bridgehead atoms. The van der Waals surface area contributed by atoms with Gasteiger partial charge in [-0.25, -0.2) is 9.13 Å². The zero-order valence-electron chi connectivity index (χ0n) is 58.1. The van der Waals surface area contributed by atoms with Gasteiger partial charge in [0.15, 0.2) is 12.2 Å². The molecule has 0 radical (unpaired) electrons. The van der Waals surface area contributed by atoms with Crippen LogP contribution in [-0.4, -0.2) is 96.7 Å². The summed E-state index contributed by atoms with van der Waals surface area (Å²) in [4.78, 5) is 72.5. The van der Waals surface area contributed by atoms with Crippen molar-refractivity contribution in [2.45, 2.75) is 363 Å². The lowest BCUT2D eigenvalue weighted by Crippen LogP contribution is -2.30. The van der Waals surface area contributed by atoms with Crippen LogP contribution in [0.15, 0.2) is 0 Å². The second-order valence-electron chi connectivity index (χ2n) is 27.2. The van der Waals surface area contributed by atoms with E-state index in [1.54, 1.807) is 0 Å². The molecule has 528 valence electrons. The molecule has 5 atom stereocenters. The van der Waals surface area contributed by atoms with Crippen molar-refractivity contribution in [3.05, 3.63) is 0 Å². The van der Waals surface area contributed by atoms with E-state index in [9.17, 15) is 43.2 Å². The number of hydrogen-bond donors (Lipinski definition) is 3. The summed E-state index contributed by atoms with van der Waals surface area (Å²) in [5, 5.41) is 10.6. The summed E-state index contributed by atoms with van der Waals surface area (Å²) in [6, 6.07) is 0. The quantitative estimate of drug-likeness (QED) is 0.0222. The van der Waals surface area contributed by atoms with Gasteiger partial charge in [0.05, 0.1) is 26.4 Å². The summed E-state index contributed by atoms with van der Waals surface area (Å²) in [7, 11) is -9.90. The van der Waals surface area contributed by atoms with Crippen LogP contribution in [0.3, 0.4) is 0 Å². The molecule has 0 aliphatic heterocycles. The summed E-state index contributed by atoms with van der Waals surface area (Å²) in [5.74, 6) is 0.832. The molecule has 0 amide bonds. The standard InChI is InChI=1S/C70H136O17P2/c1-60(2)46-38-30-22-15-11-9-10-12-18-27-36-44-52-69(74)86-65(56-80-67(72)50-42-34-26-19-13-16-23-31-39-47-61(3)4)58-84-88(76,77)82-54-64(71)55-83-89(78,79)85-59-66(57-81-68(73)51-43-35-29-21-25-33-41-49-63(7)8)87-70(75)53-45-37-28-20-14-17-24-32-40-48-62(5)6/h60-66,71H,9-59H2,1-8H3,(H,76,77)(H,78,79)/t64?,65-,66-/m1/s1. The highest BCUT2D eigenvalue weighted by atomic mass is 31.2. The first-order valence-electron chi connectivity index (χ1n) is 36.2. The first-order valence-corrected chi connectivity index (χ1v) is 39.2. The summed E-state index contributed by atoms with van der Waals surface area (Å²) < 4.78 is 68.3. The number of aliphatic hydroxyl groups excluding tert-OH is 1. The Kier molecular flexibility index (Phi) is 58.5. The topological polar surface area (TPSA) is 237 Å². The predicted octanol–water partition coefficient (Wildman–Crippen LogP) is 19.7. The maximum absolute atomic E-state index is 13.0. The SMILES string of the molecule is CC(C)CCCCCCCCCCCCCCC(=O)O[C@H](COC(=O)CCCCCCCCCCCC(C)C)COP(=O)(O)OCC(O)COP(=O)(O)OC[C@@H](COC(=O)CCCCCCCCCC(C)C)OC(=O)CCCCCCCCCCCC(C)C. The van der Waals surface area contributed by atoms with Crippen LogP contribution in [0.4, 0.5) is 0 Å². The molecule has 0 aromatic rings. The van der Waals surface area contributed by atoms with Crippen molar-refractivity contribution >= 4 is 39.5 Å². The Balaban J connectivity index is 5.26. The van der Waals surface area contributed by atoms with E-state index in [0.717, 1.165) is 114 Å². The number of aliphatic hydroxyl groups is 1. The van der Waals surface area contributed by atoms with Gasteiger partial charge in [0.2, 0.25) is 0 Å². The van der Waals surface area contributed by atoms with Gasteiger partial charge in [0, 0.05) is 25.7 Å². The van der Waals surface area contributed by atoms with Crippen LogP contribution in [-0.2, 0) is 65.4 Å². The van der Waals surface area contributed by atoms with Crippen molar-refractivity contribution in [1.82, 2.24) is 0 Å². The van der Waals surface area contributed by atoms with Gasteiger partial charge in [0.1, 0.15) is 19.3 Å². The third kappa shape index (κ3) is 64.6. The largest absolute Gasteiger partial charge is 0.472 e. The Bertz CT molecular complexity index is 1760. The third-order valence-electron chi connectivity index (χ3n) is 16.1. The van der Waals surface area contributed by atoms with Crippen LogP contribution >= 0.6 is 15.6 Å². The number of esters is 4. The van der Waals surface area contributed by atoms with Crippen LogP contribution in [0.5, 0.6) is 0 Å². The molecular formula is C70H136O17P2. The lowest BCUT2D eigenvalue weighted by atomic mass is 10.0. The smallest absolute Gasteiger partial charge is 0.462 e. The van der Waals surface area contributed by atoms with E-state index in [2.05, 4.69) is 55.4 Å². The maximum Gasteiger partial charge on any atom is 0.472 e. The van der Waals surface area contributed by atoms with Crippen LogP contribution in [0.1, 0.15) is 344 Å². The third-order valence-corrected chi connectivity index (χ3v) is 18.0. The zero-order valence-corrected chi connectivity index (χ0v) is 59.8. The van der Waals surface area contributed by atoms with Gasteiger partial charge < -0.3 is 33.8 Å². The Morgan fingerprint density at radius 1 is 0.281 bits per heavy atom. The first kappa shape index (κ1) is 87.1. The van der Waals surface area contributed by atoms with E-state index < -0.39 is 97.5 Å². The molecular weight excluding hydrogens is 1170 g/mol. The molecule has 3 N–H and O–H groups in total. The first-order chi connectivity index (χ1) is 42.6. The fraction of sp³-hybridized carbons (Fsp3) is 0.943. The Morgan fingerprint density at radius 2 is 0.472 bits per heavy atom. The van der Waals surface area contributed by atoms with Crippen molar-refractivity contribution in [3.63, 3.8) is 0 Å². The Morgan fingerprint density at radius 3 is 0.697 bits per heavy atom. The highest BCUT2D eigenvalue weighted by Gasteiger charge is 2.30. The molecule has 0 spiro atoms. The molecule has 0 aliphatic carbocycles. The van der Waals surface area contributed by atoms with Crippen LogP contribution in [0.2, 0.25) is 0 Å². The lowest BCUT2D eigenvalue weighted by Gasteiger charge is -2.21. The number of unbranched alkanes of at least 4 members (excludes halogenated alkanes) is 33. The monoisotopic (exact) mass is 1310 g/mol. The van der Waals surface area contributed by atoms with Gasteiger partial charge in [-0.2, -0.15) is 0 Å². The van der Waals surface area contributed by atoms with E-state index >= 15 is 0 Å². The summed E-state index contributed by atoms with van der Waals surface area (Å²) in [6.45, 7) is 14.1. The second kappa shape index (κ2) is 59.8. The van der Waals surface area contributed by atoms with Gasteiger partial charge in [-0.15, -0.1) is 0 Å². The highest BCUT2D eigenvalue weighted by molar-refractivity contribution is 7.47. The summed E-state index contributed by atoms with van der Waals surface area (Å²) >= 11 is 0. The molecule has 0 saturated carbocycles. The number of phosphoric acid groups is 2. The van der Waals surface area contributed by atoms with E-state index in [4.69, 9.17) is 37.0 Å². The normalized spacial score (nSPS) is 14.3. The summed E-state index contributed by atoms with van der Waals surface area (Å²) in [5.41, 5.74) is 0. The lowest BCUT2D eigenvalue weighted by molar-refractivity contribution is -0.161. The van der Waals surface area contributed by atoms with Crippen molar-refractivity contribution in [3.8, 4) is 0 Å². The van der Waals surface area contributed by atoms with Crippen LogP contribution in [0, 0.1) is 23.7 Å². The Hall–Kier alpha value is -1.94. The van der Waals surface area contributed by atoms with Crippen LogP contribution < -0.4 is 0 Å². The molecule has 0 saturated heterocycles. The van der Waals surface area contributed by atoms with Crippen LogP contribution in [0.25, 0.3) is 0 Å². The molecule has 0 fully saturated rings. The molecule has 0 aliphatic rings. The number of carbonyl (C=O) groups excluding carboxylic acids is 4. The minimum absolute atomic E-state index is 0.104. The molecule has 0 heterocycles. The number of ether oxygens (including phenoxy) is 4. The average Bonchev–Trinajstić information content (AvgIpc) is 3.66. The second-order valence-corrected chi connectivity index (χ2v) is 30.1. The molecule has 0 aromatic heterocycles. The molecule has 17 nitrogen and oxygen atoms in total. The van der Waals surface area contributed by atoms with Gasteiger partial charge in [-0.05, 0) is 49.4 Å². The fourth-order valence-corrected chi connectivity index (χ4v) is 12.1. The highest BCUT2D eigenvalue weighted by Crippen LogP contribution is 2.45. The van der Waals surface area contributed by atoms with Crippen molar-refractivity contribution < 1.29 is 80.2 Å². The minimum atomic E-state index is -4.95. The number of carbonyl (C=O) groups is 4.